The molecule has 0 fully saturated rings. The number of pyridine rings is 1. The van der Waals surface area contributed by atoms with E-state index in [0.29, 0.717) is 17.2 Å². The molecule has 0 aliphatic carbocycles. The van der Waals surface area contributed by atoms with Crippen LogP contribution in [0.25, 0.3) is 22.0 Å². The van der Waals surface area contributed by atoms with Crippen LogP contribution in [-0.4, -0.2) is 28.4 Å². The van der Waals surface area contributed by atoms with E-state index in [1.54, 1.807) is 24.3 Å². The summed E-state index contributed by atoms with van der Waals surface area (Å²) < 4.78 is 85.3. The molecule has 1 atom stereocenters. The van der Waals surface area contributed by atoms with Crippen LogP contribution in [0.2, 0.25) is 0 Å². The quantitative estimate of drug-likeness (QED) is 0.195. The highest BCUT2D eigenvalue weighted by molar-refractivity contribution is 5.95. The number of amides is 2. The van der Waals surface area contributed by atoms with Gasteiger partial charge in [0.25, 0.3) is 5.91 Å². The Kier molecular flexibility index (Phi) is 8.43. The van der Waals surface area contributed by atoms with Crippen LogP contribution in [0.3, 0.4) is 0 Å². The number of alkyl halides is 3. The number of hydrogen-bond acceptors (Lipinski definition) is 3. The highest BCUT2D eigenvalue weighted by Gasteiger charge is 2.36. The number of para-hydroxylation sites is 1. The highest BCUT2D eigenvalue weighted by atomic mass is 19.4. The van der Waals surface area contributed by atoms with Crippen molar-refractivity contribution < 1.29 is 35.9 Å². The smallest absolute Gasteiger partial charge is 0.355 e. The van der Waals surface area contributed by atoms with Crippen molar-refractivity contribution in [2.45, 2.75) is 25.2 Å². The lowest BCUT2D eigenvalue weighted by molar-refractivity contribution is -0.143. The molecule has 3 aromatic carbocycles. The van der Waals surface area contributed by atoms with E-state index in [1.165, 1.54) is 37.5 Å². The number of aromatic nitrogens is 2. The summed E-state index contributed by atoms with van der Waals surface area (Å²) in [6.45, 7) is -0.726. The minimum atomic E-state index is -4.75. The SMILES string of the molecule is CNC(=O)c1cc(-c2cccnc2[C@H](Cc2cc(F)cc(F)c2)NC(=O)Cn2c(C(F)(F)F)cc3ccccc32)ccc1F. The van der Waals surface area contributed by atoms with E-state index in [1.807, 2.05) is 0 Å². The number of nitrogens with one attached hydrogen (secondary N) is 2. The number of carbonyl (C=O) groups excluding carboxylic acids is 2. The summed E-state index contributed by atoms with van der Waals surface area (Å²) in [7, 11) is 1.34. The van der Waals surface area contributed by atoms with Crippen LogP contribution in [0.4, 0.5) is 26.3 Å². The molecule has 226 valence electrons. The predicted octanol–water partition coefficient (Wildman–Crippen LogP) is 6.60. The van der Waals surface area contributed by atoms with Gasteiger partial charge in [-0.15, -0.1) is 0 Å². The molecule has 2 amide bonds. The van der Waals surface area contributed by atoms with Gasteiger partial charge in [0.2, 0.25) is 5.91 Å². The number of benzene rings is 3. The van der Waals surface area contributed by atoms with Crippen molar-refractivity contribution in [2.75, 3.05) is 7.05 Å². The molecule has 0 bridgehead atoms. The fourth-order valence-corrected chi connectivity index (χ4v) is 5.12. The molecule has 12 heteroatoms. The summed E-state index contributed by atoms with van der Waals surface area (Å²) in [5, 5.41) is 5.32. The Balaban J connectivity index is 1.57. The summed E-state index contributed by atoms with van der Waals surface area (Å²) >= 11 is 0. The van der Waals surface area contributed by atoms with Gasteiger partial charge in [0.15, 0.2) is 0 Å². The number of nitrogens with zero attached hydrogens (tertiary/aromatic N) is 2. The molecule has 0 saturated heterocycles. The maximum absolute atomic E-state index is 14.4. The Hall–Kier alpha value is -5.13. The van der Waals surface area contributed by atoms with Crippen LogP contribution in [0.5, 0.6) is 0 Å². The van der Waals surface area contributed by atoms with E-state index < -0.39 is 53.7 Å². The summed E-state index contributed by atoms with van der Waals surface area (Å²) in [5.41, 5.74) is -0.0951. The van der Waals surface area contributed by atoms with E-state index in [4.69, 9.17) is 0 Å². The third-order valence-electron chi connectivity index (χ3n) is 7.02. The van der Waals surface area contributed by atoms with Gasteiger partial charge in [-0.25, -0.2) is 13.2 Å². The van der Waals surface area contributed by atoms with Crippen LogP contribution in [0, 0.1) is 17.5 Å². The third-order valence-corrected chi connectivity index (χ3v) is 7.02. The standard InChI is InChI=1S/C32H24F6N4O2/c1-39-31(44)24-14-19(8-9-25(24)35)23-6-4-10-40-30(23)26(13-18-11-21(33)16-22(34)12-18)41-29(43)17-42-27-7-3-2-5-20(27)15-28(42)32(36,37)38/h2-12,14-16,26H,13,17H2,1H3,(H,39,44)(H,41,43)/t26-/m0/s1. The fourth-order valence-electron chi connectivity index (χ4n) is 5.12. The topological polar surface area (TPSA) is 76.0 Å². The number of fused-ring (bicyclic) bond motifs is 1. The highest BCUT2D eigenvalue weighted by Crippen LogP contribution is 2.35. The number of hydrogen-bond donors (Lipinski definition) is 2. The Labute approximate surface area is 247 Å². The zero-order valence-corrected chi connectivity index (χ0v) is 23.1. The van der Waals surface area contributed by atoms with Gasteiger partial charge in [0.1, 0.15) is 29.7 Å². The molecule has 2 heterocycles. The summed E-state index contributed by atoms with van der Waals surface area (Å²) in [6, 6.07) is 15.6. The first-order valence-electron chi connectivity index (χ1n) is 13.3. The first kappa shape index (κ1) is 30.3. The van der Waals surface area contributed by atoms with Gasteiger partial charge in [-0.1, -0.05) is 30.3 Å². The van der Waals surface area contributed by atoms with Crippen LogP contribution in [-0.2, 0) is 23.9 Å². The van der Waals surface area contributed by atoms with Crippen molar-refractivity contribution in [1.29, 1.82) is 0 Å². The van der Waals surface area contributed by atoms with Gasteiger partial charge >= 0.3 is 6.18 Å². The molecule has 0 saturated carbocycles. The number of halogens is 6. The molecule has 0 radical (unpaired) electrons. The van der Waals surface area contributed by atoms with Gasteiger partial charge in [-0.2, -0.15) is 13.2 Å². The fraction of sp³-hybridized carbons (Fsp3) is 0.156. The van der Waals surface area contributed by atoms with Crippen LogP contribution < -0.4 is 10.6 Å². The Morgan fingerprint density at radius 3 is 2.34 bits per heavy atom. The lowest BCUT2D eigenvalue weighted by Crippen LogP contribution is -2.34. The molecule has 2 aromatic heterocycles. The minimum Gasteiger partial charge on any atom is -0.355 e. The Bertz CT molecular complexity index is 1850. The second kappa shape index (κ2) is 12.2. The summed E-state index contributed by atoms with van der Waals surface area (Å²) in [5.74, 6) is -4.03. The first-order chi connectivity index (χ1) is 20.9. The minimum absolute atomic E-state index is 0.136. The molecular weight excluding hydrogens is 586 g/mol. The number of rotatable bonds is 8. The zero-order valence-electron chi connectivity index (χ0n) is 23.1. The maximum Gasteiger partial charge on any atom is 0.431 e. The van der Waals surface area contributed by atoms with Crippen molar-refractivity contribution in [1.82, 2.24) is 20.2 Å². The van der Waals surface area contributed by atoms with Crippen LogP contribution in [0.15, 0.2) is 85.1 Å². The van der Waals surface area contributed by atoms with Crippen molar-refractivity contribution in [3.63, 3.8) is 0 Å². The second-order valence-corrected chi connectivity index (χ2v) is 9.98. The van der Waals surface area contributed by atoms with E-state index >= 15 is 0 Å². The van der Waals surface area contributed by atoms with E-state index in [2.05, 4.69) is 15.6 Å². The van der Waals surface area contributed by atoms with Gasteiger partial charge in [0, 0.05) is 35.8 Å². The largest absolute Gasteiger partial charge is 0.431 e. The van der Waals surface area contributed by atoms with E-state index in [0.717, 1.165) is 28.8 Å². The Morgan fingerprint density at radius 1 is 0.909 bits per heavy atom. The van der Waals surface area contributed by atoms with Gasteiger partial charge in [-0.3, -0.25) is 14.6 Å². The molecule has 44 heavy (non-hydrogen) atoms. The lowest BCUT2D eigenvalue weighted by atomic mass is 9.94. The molecule has 5 rings (SSSR count). The molecule has 0 unspecified atom stereocenters. The summed E-state index contributed by atoms with van der Waals surface area (Å²) in [4.78, 5) is 30.1. The van der Waals surface area contributed by atoms with E-state index in [-0.39, 0.29) is 34.1 Å². The van der Waals surface area contributed by atoms with Gasteiger partial charge in [0.05, 0.1) is 17.3 Å². The average Bonchev–Trinajstić information content (AvgIpc) is 3.35. The molecular formula is C32H24F6N4O2. The molecule has 6 nitrogen and oxygen atoms in total. The predicted molar refractivity (Wildman–Crippen MR) is 151 cm³/mol. The van der Waals surface area contributed by atoms with Crippen LogP contribution >= 0.6 is 0 Å². The lowest BCUT2D eigenvalue weighted by Gasteiger charge is -2.22. The van der Waals surface area contributed by atoms with Gasteiger partial charge in [-0.05, 0) is 60.0 Å². The molecule has 0 spiro atoms. The van der Waals surface area contributed by atoms with Crippen molar-refractivity contribution >= 4 is 22.7 Å². The molecule has 0 aliphatic rings. The monoisotopic (exact) mass is 610 g/mol. The third kappa shape index (κ3) is 6.43. The second-order valence-electron chi connectivity index (χ2n) is 9.98. The average molecular weight is 611 g/mol. The maximum atomic E-state index is 14.4. The summed E-state index contributed by atoms with van der Waals surface area (Å²) in [6.07, 6.45) is -3.56. The Morgan fingerprint density at radius 2 is 1.64 bits per heavy atom. The first-order valence-corrected chi connectivity index (χ1v) is 13.3. The number of carbonyl (C=O) groups is 2. The molecule has 2 N–H and O–H groups in total. The van der Waals surface area contributed by atoms with Crippen molar-refractivity contribution in [3.05, 3.63) is 125 Å². The molecule has 0 aliphatic heterocycles. The van der Waals surface area contributed by atoms with Crippen LogP contribution in [0.1, 0.15) is 33.4 Å². The molecule has 5 aromatic rings. The van der Waals surface area contributed by atoms with Crippen molar-refractivity contribution in [2.24, 2.45) is 0 Å². The van der Waals surface area contributed by atoms with Crippen molar-refractivity contribution in [3.8, 4) is 11.1 Å². The normalized spacial score (nSPS) is 12.2. The van der Waals surface area contributed by atoms with Gasteiger partial charge < -0.3 is 15.2 Å². The van der Waals surface area contributed by atoms with E-state index in [9.17, 15) is 35.9 Å². The zero-order chi connectivity index (χ0) is 31.6.